The fourth-order valence-corrected chi connectivity index (χ4v) is 3.49. The van der Waals surface area contributed by atoms with Gasteiger partial charge in [0.1, 0.15) is 0 Å². The topological polar surface area (TPSA) is 61.4 Å². The Kier molecular flexibility index (Phi) is 7.51. The molecular weight excluding hydrogens is 406 g/mol. The molecule has 3 aromatic carbocycles. The molecule has 3 rings (SSSR count). The lowest BCUT2D eigenvalue weighted by molar-refractivity contribution is -0.115. The second-order valence-corrected chi connectivity index (χ2v) is 7.31. The summed E-state index contributed by atoms with van der Waals surface area (Å²) >= 11 is 5.23. The maximum absolute atomic E-state index is 12.4. The van der Waals surface area contributed by atoms with E-state index in [9.17, 15) is 9.59 Å². The molecule has 5 nitrogen and oxygen atoms in total. The molecule has 0 aliphatic carbocycles. The molecule has 0 spiro atoms. The zero-order chi connectivity index (χ0) is 22.2. The van der Waals surface area contributed by atoms with E-state index in [0.717, 1.165) is 16.3 Å². The van der Waals surface area contributed by atoms with Gasteiger partial charge in [0.25, 0.3) is 5.91 Å². The number of hydrogen-bond acceptors (Lipinski definition) is 3. The molecule has 0 fully saturated rings. The van der Waals surface area contributed by atoms with E-state index in [0.29, 0.717) is 24.3 Å². The van der Waals surface area contributed by atoms with Crippen molar-refractivity contribution in [2.45, 2.75) is 13.8 Å². The van der Waals surface area contributed by atoms with E-state index in [-0.39, 0.29) is 16.9 Å². The number of carbonyl (C=O) groups excluding carboxylic acids is 2. The van der Waals surface area contributed by atoms with Gasteiger partial charge < -0.3 is 10.2 Å². The average Bonchev–Trinajstić information content (AvgIpc) is 2.78. The Morgan fingerprint density at radius 3 is 2.32 bits per heavy atom. The zero-order valence-corrected chi connectivity index (χ0v) is 18.4. The molecule has 0 atom stereocenters. The van der Waals surface area contributed by atoms with Gasteiger partial charge in [-0.1, -0.05) is 42.5 Å². The van der Waals surface area contributed by atoms with Crippen molar-refractivity contribution in [3.63, 3.8) is 0 Å². The molecule has 0 unspecified atom stereocenters. The monoisotopic (exact) mass is 431 g/mol. The molecule has 2 amide bonds. The van der Waals surface area contributed by atoms with Crippen molar-refractivity contribution in [3.8, 4) is 0 Å². The Hall–Kier alpha value is -3.51. The maximum Gasteiger partial charge on any atom is 0.253 e. The average molecular weight is 432 g/mol. The summed E-state index contributed by atoms with van der Waals surface area (Å²) in [5.41, 5.74) is 2.27. The van der Waals surface area contributed by atoms with Gasteiger partial charge in [-0.05, 0) is 72.7 Å². The van der Waals surface area contributed by atoms with Crippen molar-refractivity contribution in [3.05, 3.63) is 83.9 Å². The third-order valence-corrected chi connectivity index (χ3v) is 5.12. The van der Waals surface area contributed by atoms with Crippen LogP contribution < -0.4 is 10.6 Å². The molecule has 0 heterocycles. The van der Waals surface area contributed by atoms with Gasteiger partial charge in [0.05, 0.1) is 0 Å². The Balaban J connectivity index is 1.58. The first-order valence-corrected chi connectivity index (χ1v) is 10.6. The molecule has 0 saturated carbocycles. The van der Waals surface area contributed by atoms with Gasteiger partial charge >= 0.3 is 0 Å². The Morgan fingerprint density at radius 2 is 1.61 bits per heavy atom. The van der Waals surface area contributed by atoms with Gasteiger partial charge in [-0.2, -0.15) is 0 Å². The molecule has 0 aliphatic heterocycles. The lowest BCUT2D eigenvalue weighted by Crippen LogP contribution is -2.33. The van der Waals surface area contributed by atoms with E-state index >= 15 is 0 Å². The van der Waals surface area contributed by atoms with Crippen molar-refractivity contribution < 1.29 is 9.59 Å². The Morgan fingerprint density at radius 1 is 0.935 bits per heavy atom. The van der Waals surface area contributed by atoms with Gasteiger partial charge in [-0.3, -0.25) is 14.9 Å². The van der Waals surface area contributed by atoms with E-state index in [1.165, 1.54) is 6.08 Å². The highest BCUT2D eigenvalue weighted by Crippen LogP contribution is 2.19. The van der Waals surface area contributed by atoms with E-state index in [1.807, 2.05) is 56.3 Å². The van der Waals surface area contributed by atoms with E-state index in [2.05, 4.69) is 10.6 Å². The maximum atomic E-state index is 12.4. The van der Waals surface area contributed by atoms with Crippen molar-refractivity contribution in [1.29, 1.82) is 0 Å². The SMILES string of the molecule is CCN(CC)C(=O)c1ccc(NC(=S)NC(=O)/C=C/c2cccc3ccccc23)cc1. The number of thiocarbonyl (C=S) groups is 1. The number of anilines is 1. The third kappa shape index (κ3) is 5.77. The number of amides is 2. The summed E-state index contributed by atoms with van der Waals surface area (Å²) in [5.74, 6) is -0.329. The fourth-order valence-electron chi connectivity index (χ4n) is 3.27. The number of carbonyl (C=O) groups is 2. The van der Waals surface area contributed by atoms with E-state index in [1.54, 1.807) is 35.2 Å². The predicted molar refractivity (Wildman–Crippen MR) is 131 cm³/mol. The number of fused-ring (bicyclic) bond motifs is 1. The molecule has 3 aromatic rings. The van der Waals surface area contributed by atoms with Crippen LogP contribution in [0.2, 0.25) is 0 Å². The van der Waals surface area contributed by atoms with Crippen LogP contribution in [0.25, 0.3) is 16.8 Å². The lowest BCUT2D eigenvalue weighted by atomic mass is 10.0. The summed E-state index contributed by atoms with van der Waals surface area (Å²) in [4.78, 5) is 26.4. The Labute approximate surface area is 187 Å². The summed E-state index contributed by atoms with van der Waals surface area (Å²) in [5, 5.41) is 7.99. The number of nitrogens with zero attached hydrogens (tertiary/aromatic N) is 1. The standard InChI is InChI=1S/C25H25N3O2S/c1-3-28(4-2)24(30)20-12-15-21(16-13-20)26-25(31)27-23(29)17-14-19-10-7-9-18-8-5-6-11-22(18)19/h5-17H,3-4H2,1-2H3,(H2,26,27,29,31)/b17-14+. The van der Waals surface area contributed by atoms with Gasteiger partial charge in [0.15, 0.2) is 5.11 Å². The fraction of sp³-hybridized carbons (Fsp3) is 0.160. The highest BCUT2D eigenvalue weighted by atomic mass is 32.1. The second-order valence-electron chi connectivity index (χ2n) is 6.90. The predicted octanol–water partition coefficient (Wildman–Crippen LogP) is 4.85. The summed E-state index contributed by atoms with van der Waals surface area (Å²) in [6, 6.07) is 21.0. The first-order chi connectivity index (χ1) is 15.0. The van der Waals surface area contributed by atoms with Crippen LogP contribution in [-0.2, 0) is 4.79 Å². The second kappa shape index (κ2) is 10.5. The van der Waals surface area contributed by atoms with Crippen LogP contribution in [0.3, 0.4) is 0 Å². The minimum atomic E-state index is -0.321. The summed E-state index contributed by atoms with van der Waals surface area (Å²) in [7, 11) is 0. The van der Waals surface area contributed by atoms with Crippen LogP contribution >= 0.6 is 12.2 Å². The van der Waals surface area contributed by atoms with Gasteiger partial charge in [0, 0.05) is 30.4 Å². The molecule has 0 aliphatic rings. The van der Waals surface area contributed by atoms with Crippen molar-refractivity contribution in [2.24, 2.45) is 0 Å². The molecule has 0 aromatic heterocycles. The minimum Gasteiger partial charge on any atom is -0.339 e. The minimum absolute atomic E-state index is 0.00833. The first-order valence-electron chi connectivity index (χ1n) is 10.2. The normalized spacial score (nSPS) is 10.8. The smallest absolute Gasteiger partial charge is 0.253 e. The molecule has 0 bridgehead atoms. The molecule has 158 valence electrons. The van der Waals surface area contributed by atoms with Gasteiger partial charge in [-0.15, -0.1) is 0 Å². The van der Waals surface area contributed by atoms with Crippen LogP contribution in [0, 0.1) is 0 Å². The highest BCUT2D eigenvalue weighted by molar-refractivity contribution is 7.80. The molecular formula is C25H25N3O2S. The highest BCUT2D eigenvalue weighted by Gasteiger charge is 2.12. The van der Waals surface area contributed by atoms with Gasteiger partial charge in [0.2, 0.25) is 5.91 Å². The zero-order valence-electron chi connectivity index (χ0n) is 17.6. The summed E-state index contributed by atoms with van der Waals surface area (Å²) in [6.07, 6.45) is 3.23. The van der Waals surface area contributed by atoms with Crippen LogP contribution in [-0.4, -0.2) is 34.9 Å². The van der Waals surface area contributed by atoms with Crippen LogP contribution in [0.15, 0.2) is 72.8 Å². The molecule has 0 saturated heterocycles. The largest absolute Gasteiger partial charge is 0.339 e. The van der Waals surface area contributed by atoms with Crippen molar-refractivity contribution >= 4 is 51.7 Å². The summed E-state index contributed by atoms with van der Waals surface area (Å²) < 4.78 is 0. The quantitative estimate of drug-likeness (QED) is 0.433. The van der Waals surface area contributed by atoms with Crippen LogP contribution in [0.5, 0.6) is 0 Å². The van der Waals surface area contributed by atoms with Crippen molar-refractivity contribution in [2.75, 3.05) is 18.4 Å². The third-order valence-electron chi connectivity index (χ3n) is 4.91. The first kappa shape index (κ1) is 22.2. The number of hydrogen-bond donors (Lipinski definition) is 2. The van der Waals surface area contributed by atoms with Crippen LogP contribution in [0.1, 0.15) is 29.8 Å². The Bertz CT molecular complexity index is 1110. The summed E-state index contributed by atoms with van der Waals surface area (Å²) in [6.45, 7) is 5.23. The number of nitrogens with one attached hydrogen (secondary N) is 2. The van der Waals surface area contributed by atoms with E-state index in [4.69, 9.17) is 12.2 Å². The van der Waals surface area contributed by atoms with Gasteiger partial charge in [-0.25, -0.2) is 0 Å². The van der Waals surface area contributed by atoms with Crippen molar-refractivity contribution in [1.82, 2.24) is 10.2 Å². The molecule has 6 heteroatoms. The lowest BCUT2D eigenvalue weighted by Gasteiger charge is -2.18. The van der Waals surface area contributed by atoms with E-state index < -0.39 is 0 Å². The molecule has 31 heavy (non-hydrogen) atoms. The van der Waals surface area contributed by atoms with Crippen LogP contribution in [0.4, 0.5) is 5.69 Å². The molecule has 0 radical (unpaired) electrons. The number of benzene rings is 3. The number of rotatable bonds is 6. The molecule has 2 N–H and O–H groups in total.